The largest absolute Gasteiger partial charge is 0.387 e. The van der Waals surface area contributed by atoms with Gasteiger partial charge in [-0.05, 0) is 49.9 Å². The van der Waals surface area contributed by atoms with E-state index in [0.717, 1.165) is 92.1 Å². The summed E-state index contributed by atoms with van der Waals surface area (Å²) in [7, 11) is 0. The molecule has 0 saturated heterocycles. The summed E-state index contributed by atoms with van der Waals surface area (Å²) in [4.78, 5) is 59.2. The highest BCUT2D eigenvalue weighted by molar-refractivity contribution is 5.82. The molecule has 8 atom stereocenters. The van der Waals surface area contributed by atoms with Crippen LogP contribution in [0.4, 0.5) is 0 Å². The molecule has 8 aromatic rings. The maximum atomic E-state index is 11.9. The lowest BCUT2D eigenvalue weighted by atomic mass is 9.99. The van der Waals surface area contributed by atoms with E-state index in [0.29, 0.717) is 50.3 Å². The van der Waals surface area contributed by atoms with E-state index in [1.165, 1.54) is 0 Å². The molecule has 0 bridgehead atoms. The van der Waals surface area contributed by atoms with Crippen LogP contribution in [0.2, 0.25) is 0 Å². The predicted molar refractivity (Wildman–Crippen MR) is 297 cm³/mol. The molecule has 0 fully saturated rings. The number of benzene rings is 4. The van der Waals surface area contributed by atoms with Crippen molar-refractivity contribution >= 4 is 44.1 Å². The number of aromatic amines is 4. The molecular weight excluding hydrogens is 969 g/mol. The molecule has 20 heteroatoms. The number of hydrogen-bond acceptors (Lipinski definition) is 12. The lowest BCUT2D eigenvalue weighted by molar-refractivity contribution is 0.121. The number of H-pyrrole nitrogens is 4. The van der Waals surface area contributed by atoms with Crippen molar-refractivity contribution in [3.05, 3.63) is 137 Å². The van der Waals surface area contributed by atoms with Crippen LogP contribution in [-0.2, 0) is 26.2 Å². The molecule has 76 heavy (non-hydrogen) atoms. The van der Waals surface area contributed by atoms with Crippen molar-refractivity contribution in [1.82, 2.24) is 59.5 Å². The van der Waals surface area contributed by atoms with Gasteiger partial charge in [0.05, 0.1) is 68.5 Å². The highest BCUT2D eigenvalue weighted by Crippen LogP contribution is 2.33. The Kier molecular flexibility index (Phi) is 16.3. The van der Waals surface area contributed by atoms with Crippen LogP contribution < -0.4 is 44.0 Å². The van der Waals surface area contributed by atoms with E-state index in [1.807, 2.05) is 72.8 Å². The van der Waals surface area contributed by atoms with E-state index in [-0.39, 0.29) is 46.9 Å². The highest BCUT2D eigenvalue weighted by Gasteiger charge is 2.32. The SMILES string of the molecule is CC(C)N[C@@H]1CCn2c(=O)[nH]c3cccc(c32)[C@H]1O.CC(C)N[C@@H]1CCn2c(=O)[nH]c3cccc(c32)[C@H]1O.CC(C)N[C@@H]1CCn2c(=O)[nH]c3cccc(c32)[C@H]1O.CC(C)N[C@@H]1CCn2c(=O)[nH]c3cccc(c32)[C@H]1O. The summed E-state index contributed by atoms with van der Waals surface area (Å²) in [5.74, 6) is 0. The number of nitrogens with one attached hydrogen (secondary N) is 8. The molecule has 0 aliphatic carbocycles. The molecule has 408 valence electrons. The monoisotopic (exact) mass is 1040 g/mol. The van der Waals surface area contributed by atoms with Gasteiger partial charge in [0, 0.05) is 96.8 Å². The van der Waals surface area contributed by atoms with Crippen molar-refractivity contribution in [2.24, 2.45) is 0 Å². The first-order valence-corrected chi connectivity index (χ1v) is 26.9. The van der Waals surface area contributed by atoms with Crippen LogP contribution in [0.25, 0.3) is 44.1 Å². The normalized spacial score (nSPS) is 22.9. The number of para-hydroxylation sites is 4. The Hall–Kier alpha value is -6.36. The molecule has 20 nitrogen and oxygen atoms in total. The number of rotatable bonds is 8. The van der Waals surface area contributed by atoms with Gasteiger partial charge in [-0.3, -0.25) is 18.3 Å². The lowest BCUT2D eigenvalue weighted by Gasteiger charge is -2.24. The fraction of sp³-hybridized carbons (Fsp3) is 0.500. The predicted octanol–water partition coefficient (Wildman–Crippen LogP) is 4.53. The molecule has 0 saturated carbocycles. The average molecular weight is 1050 g/mol. The third kappa shape index (κ3) is 10.9. The van der Waals surface area contributed by atoms with Gasteiger partial charge in [0.1, 0.15) is 0 Å². The van der Waals surface area contributed by atoms with Crippen molar-refractivity contribution in [2.45, 2.75) is 180 Å². The van der Waals surface area contributed by atoms with Gasteiger partial charge in [-0.2, -0.15) is 0 Å². The second-order valence-electron chi connectivity index (χ2n) is 21.9. The standard InChI is InChI=1S/4C14H19N3O2/c4*1-8(2)15-11-6-7-17-12-9(13(11)18)4-3-5-10(12)16-14(17)19/h4*3-5,8,11,13,15,18H,6-7H2,1-2H3,(H,16,19)/t4*11-,13-/m1111/s1. The Balaban J connectivity index is 0.000000124. The van der Waals surface area contributed by atoms with E-state index in [4.69, 9.17) is 0 Å². The second-order valence-corrected chi connectivity index (χ2v) is 21.9. The zero-order chi connectivity index (χ0) is 54.3. The number of aromatic nitrogens is 8. The van der Waals surface area contributed by atoms with E-state index < -0.39 is 24.4 Å². The molecule has 0 spiro atoms. The van der Waals surface area contributed by atoms with Crippen LogP contribution in [0.15, 0.2) is 92.0 Å². The smallest absolute Gasteiger partial charge is 0.326 e. The van der Waals surface area contributed by atoms with E-state index >= 15 is 0 Å². The van der Waals surface area contributed by atoms with E-state index in [1.54, 1.807) is 18.3 Å². The Morgan fingerprint density at radius 1 is 0.368 bits per heavy atom. The highest BCUT2D eigenvalue weighted by atomic mass is 16.3. The number of aliphatic hydroxyl groups is 4. The van der Waals surface area contributed by atoms with Crippen molar-refractivity contribution in [3.8, 4) is 0 Å². The van der Waals surface area contributed by atoms with Crippen LogP contribution in [0.3, 0.4) is 0 Å². The van der Waals surface area contributed by atoms with Crippen molar-refractivity contribution in [1.29, 1.82) is 0 Å². The minimum Gasteiger partial charge on any atom is -0.387 e. The molecule has 12 rings (SSSR count). The summed E-state index contributed by atoms with van der Waals surface area (Å²) < 4.78 is 6.93. The number of hydrogen-bond donors (Lipinski definition) is 12. The van der Waals surface area contributed by atoms with Crippen molar-refractivity contribution < 1.29 is 20.4 Å². The Morgan fingerprint density at radius 3 is 0.750 bits per heavy atom. The summed E-state index contributed by atoms with van der Waals surface area (Å²) in [6.45, 7) is 19.0. The average Bonchev–Trinajstić information content (AvgIpc) is 4.00. The summed E-state index contributed by atoms with van der Waals surface area (Å²) in [5, 5.41) is 55.8. The number of nitrogens with zero attached hydrogens (tertiary/aromatic N) is 4. The molecule has 0 unspecified atom stereocenters. The third-order valence-electron chi connectivity index (χ3n) is 14.9. The van der Waals surface area contributed by atoms with Crippen LogP contribution in [-0.4, -0.2) is 107 Å². The maximum absolute atomic E-state index is 11.9. The molecule has 8 heterocycles. The summed E-state index contributed by atoms with van der Waals surface area (Å²) in [6.07, 6.45) is 0.596. The Labute approximate surface area is 439 Å². The van der Waals surface area contributed by atoms with Gasteiger partial charge in [-0.25, -0.2) is 19.2 Å². The zero-order valence-electron chi connectivity index (χ0n) is 44.7. The van der Waals surface area contributed by atoms with Gasteiger partial charge in [-0.15, -0.1) is 0 Å². The minimum atomic E-state index is -0.588. The van der Waals surface area contributed by atoms with E-state index in [9.17, 15) is 39.6 Å². The summed E-state index contributed by atoms with van der Waals surface area (Å²) in [6, 6.07) is 23.7. The fourth-order valence-corrected chi connectivity index (χ4v) is 11.8. The molecular formula is C56H76N12O8. The molecule has 4 aliphatic rings. The first-order valence-electron chi connectivity index (χ1n) is 26.9. The zero-order valence-corrected chi connectivity index (χ0v) is 44.7. The van der Waals surface area contributed by atoms with Crippen molar-refractivity contribution in [3.63, 3.8) is 0 Å². The van der Waals surface area contributed by atoms with Gasteiger partial charge in [0.2, 0.25) is 0 Å². The second kappa shape index (κ2) is 22.7. The minimum absolute atomic E-state index is 0.0232. The maximum Gasteiger partial charge on any atom is 0.326 e. The number of imidazole rings is 4. The fourth-order valence-electron chi connectivity index (χ4n) is 11.8. The Bertz CT molecular complexity index is 3090. The van der Waals surface area contributed by atoms with E-state index in [2.05, 4.69) is 96.6 Å². The number of aryl methyl sites for hydroxylation is 4. The first kappa shape index (κ1) is 54.4. The third-order valence-corrected chi connectivity index (χ3v) is 14.9. The van der Waals surface area contributed by atoms with Crippen molar-refractivity contribution in [2.75, 3.05) is 0 Å². The van der Waals surface area contributed by atoms with Gasteiger partial charge in [0.15, 0.2) is 0 Å². The molecule has 0 amide bonds. The molecule has 4 aliphatic heterocycles. The Morgan fingerprint density at radius 2 is 0.566 bits per heavy atom. The topological polar surface area (TPSA) is 280 Å². The summed E-state index contributed by atoms with van der Waals surface area (Å²) >= 11 is 0. The van der Waals surface area contributed by atoms with Crippen LogP contribution in [0, 0.1) is 0 Å². The molecule has 0 radical (unpaired) electrons. The quantitative estimate of drug-likeness (QED) is 0.100. The molecule has 4 aromatic carbocycles. The van der Waals surface area contributed by atoms with Gasteiger partial charge < -0.3 is 61.6 Å². The van der Waals surface area contributed by atoms with Gasteiger partial charge in [-0.1, -0.05) is 104 Å². The number of aliphatic hydroxyl groups excluding tert-OH is 4. The lowest BCUT2D eigenvalue weighted by Crippen LogP contribution is -2.39. The first-order chi connectivity index (χ1) is 36.3. The van der Waals surface area contributed by atoms with Crippen LogP contribution in [0.5, 0.6) is 0 Å². The summed E-state index contributed by atoms with van der Waals surface area (Å²) in [5.41, 5.74) is 9.47. The van der Waals surface area contributed by atoms with Gasteiger partial charge >= 0.3 is 22.8 Å². The van der Waals surface area contributed by atoms with Crippen LogP contribution >= 0.6 is 0 Å². The molecule has 4 aromatic heterocycles. The van der Waals surface area contributed by atoms with Crippen LogP contribution in [0.1, 0.15) is 128 Å². The van der Waals surface area contributed by atoms with Gasteiger partial charge in [0.25, 0.3) is 0 Å². The molecule has 12 N–H and O–H groups in total.